The fraction of sp³-hybridized carbons (Fsp3) is 0.261. The summed E-state index contributed by atoms with van der Waals surface area (Å²) < 4.78 is 0. The number of carbonyl (C=O) groups is 4. The van der Waals surface area contributed by atoms with Crippen LogP contribution in [0.5, 0.6) is 0 Å². The van der Waals surface area contributed by atoms with E-state index in [4.69, 9.17) is 5.26 Å². The topological polar surface area (TPSA) is 148 Å². The summed E-state index contributed by atoms with van der Waals surface area (Å²) in [4.78, 5) is 51.4. The van der Waals surface area contributed by atoms with Crippen LogP contribution in [0.25, 0.3) is 0 Å². The first-order valence-corrected chi connectivity index (χ1v) is 9.86. The number of carboxylic acid groups (broad SMARTS) is 1. The van der Waals surface area contributed by atoms with Crippen LogP contribution in [0.1, 0.15) is 34.5 Å². The second kappa shape index (κ2) is 7.67. The minimum Gasteiger partial charge on any atom is -0.480 e. The van der Waals surface area contributed by atoms with E-state index in [2.05, 4.69) is 5.32 Å². The summed E-state index contributed by atoms with van der Waals surface area (Å²) in [7, 11) is 0. The summed E-state index contributed by atoms with van der Waals surface area (Å²) in [5, 5.41) is 31.8. The van der Waals surface area contributed by atoms with Crippen LogP contribution in [0.2, 0.25) is 0 Å². The van der Waals surface area contributed by atoms with Crippen LogP contribution in [0, 0.1) is 23.2 Å². The Kier molecular flexibility index (Phi) is 5.12. The van der Waals surface area contributed by atoms with Crippen molar-refractivity contribution in [2.45, 2.75) is 18.5 Å². The molecule has 2 aromatic rings. The standard InChI is InChI=1S/C23H19N3O6/c1-12(28)14-6-8-16(9-7-14)26-20(29)17-18(21(26)30)23(11-27,22(31)32)25-19(17)15-4-2-13(10-24)3-5-15/h2-9,17-19,25,27H,11H2,1H3,(H,31,32). The van der Waals surface area contributed by atoms with Gasteiger partial charge in [-0.25, -0.2) is 4.90 Å². The molecule has 0 saturated carbocycles. The van der Waals surface area contributed by atoms with Gasteiger partial charge in [-0.2, -0.15) is 5.26 Å². The van der Waals surface area contributed by atoms with Crippen molar-refractivity contribution >= 4 is 29.3 Å². The summed E-state index contributed by atoms with van der Waals surface area (Å²) in [6.45, 7) is 0.494. The highest BCUT2D eigenvalue weighted by molar-refractivity contribution is 6.24. The van der Waals surface area contributed by atoms with Gasteiger partial charge in [0, 0.05) is 11.6 Å². The molecule has 2 heterocycles. The van der Waals surface area contributed by atoms with Gasteiger partial charge < -0.3 is 10.2 Å². The number of aliphatic hydroxyl groups is 1. The molecule has 4 atom stereocenters. The van der Waals surface area contributed by atoms with Crippen LogP contribution < -0.4 is 10.2 Å². The number of imide groups is 1. The van der Waals surface area contributed by atoms with E-state index in [1.165, 1.54) is 43.3 Å². The molecule has 0 aromatic heterocycles. The molecule has 3 N–H and O–H groups in total. The lowest BCUT2D eigenvalue weighted by Crippen LogP contribution is -2.58. The zero-order chi connectivity index (χ0) is 23.2. The first kappa shape index (κ1) is 21.4. The zero-order valence-electron chi connectivity index (χ0n) is 17.0. The fourth-order valence-electron chi connectivity index (χ4n) is 4.56. The van der Waals surface area contributed by atoms with Crippen molar-refractivity contribution in [3.05, 3.63) is 65.2 Å². The highest BCUT2D eigenvalue weighted by atomic mass is 16.4. The summed E-state index contributed by atoms with van der Waals surface area (Å²) in [5.74, 6) is -5.38. The molecule has 0 radical (unpaired) electrons. The molecule has 4 rings (SSSR count). The summed E-state index contributed by atoms with van der Waals surface area (Å²) >= 11 is 0. The van der Waals surface area contributed by atoms with Crippen molar-refractivity contribution in [1.82, 2.24) is 5.32 Å². The third-order valence-electron chi connectivity index (χ3n) is 6.22. The number of rotatable bonds is 5. The molecule has 9 nitrogen and oxygen atoms in total. The van der Waals surface area contributed by atoms with Crippen LogP contribution >= 0.6 is 0 Å². The molecular weight excluding hydrogens is 414 g/mol. The number of fused-ring (bicyclic) bond motifs is 1. The molecule has 2 amide bonds. The Morgan fingerprint density at radius 2 is 1.72 bits per heavy atom. The predicted molar refractivity (Wildman–Crippen MR) is 110 cm³/mol. The number of nitriles is 1. The molecule has 2 saturated heterocycles. The first-order valence-electron chi connectivity index (χ1n) is 9.86. The third kappa shape index (κ3) is 3.00. The highest BCUT2D eigenvalue weighted by Crippen LogP contribution is 2.49. The molecule has 2 fully saturated rings. The van der Waals surface area contributed by atoms with E-state index >= 15 is 0 Å². The Hall–Kier alpha value is -3.87. The van der Waals surface area contributed by atoms with E-state index < -0.39 is 47.8 Å². The quantitative estimate of drug-likeness (QED) is 0.468. The van der Waals surface area contributed by atoms with Gasteiger partial charge in [0.05, 0.1) is 35.8 Å². The number of aliphatic hydroxyl groups excluding tert-OH is 1. The van der Waals surface area contributed by atoms with Gasteiger partial charge in [0.2, 0.25) is 11.8 Å². The maximum Gasteiger partial charge on any atom is 0.327 e. The SMILES string of the molecule is CC(=O)c1ccc(N2C(=O)C3C(c4ccc(C#N)cc4)NC(CO)(C(=O)O)C3C2=O)cc1. The van der Waals surface area contributed by atoms with E-state index in [1.807, 2.05) is 6.07 Å². The van der Waals surface area contributed by atoms with Crippen LogP contribution in [0.4, 0.5) is 5.69 Å². The van der Waals surface area contributed by atoms with Crippen molar-refractivity contribution < 1.29 is 29.4 Å². The van der Waals surface area contributed by atoms with Crippen molar-refractivity contribution in [2.75, 3.05) is 11.5 Å². The van der Waals surface area contributed by atoms with E-state index in [1.54, 1.807) is 12.1 Å². The molecule has 162 valence electrons. The number of carbonyl (C=O) groups excluding carboxylic acids is 3. The van der Waals surface area contributed by atoms with Crippen LogP contribution in [0.15, 0.2) is 48.5 Å². The molecule has 32 heavy (non-hydrogen) atoms. The van der Waals surface area contributed by atoms with E-state index in [9.17, 15) is 29.4 Å². The predicted octanol–water partition coefficient (Wildman–Crippen LogP) is 1.03. The Labute approximate surface area is 182 Å². The fourth-order valence-corrected chi connectivity index (χ4v) is 4.56. The van der Waals surface area contributed by atoms with Gasteiger partial charge >= 0.3 is 5.97 Å². The molecule has 0 bridgehead atoms. The number of benzene rings is 2. The number of nitrogens with one attached hydrogen (secondary N) is 1. The van der Waals surface area contributed by atoms with Gasteiger partial charge in [0.15, 0.2) is 11.3 Å². The second-order valence-electron chi connectivity index (χ2n) is 7.91. The Morgan fingerprint density at radius 1 is 1.09 bits per heavy atom. The van der Waals surface area contributed by atoms with Crippen molar-refractivity contribution in [3.63, 3.8) is 0 Å². The van der Waals surface area contributed by atoms with E-state index in [0.29, 0.717) is 16.7 Å². The lowest BCUT2D eigenvalue weighted by Gasteiger charge is -2.29. The van der Waals surface area contributed by atoms with Crippen molar-refractivity contribution in [3.8, 4) is 6.07 Å². The first-order chi connectivity index (χ1) is 15.2. The molecule has 0 spiro atoms. The smallest absolute Gasteiger partial charge is 0.327 e. The Bertz CT molecular complexity index is 1170. The van der Waals surface area contributed by atoms with Gasteiger partial charge in [-0.05, 0) is 48.9 Å². The minimum atomic E-state index is -2.05. The average Bonchev–Trinajstić information content (AvgIpc) is 3.28. The summed E-state index contributed by atoms with van der Waals surface area (Å²) in [5.41, 5.74) is -0.526. The van der Waals surface area contributed by atoms with Crippen LogP contribution in [-0.2, 0) is 14.4 Å². The highest BCUT2D eigenvalue weighted by Gasteiger charge is 2.68. The van der Waals surface area contributed by atoms with Gasteiger partial charge in [-0.15, -0.1) is 0 Å². The minimum absolute atomic E-state index is 0.178. The number of amides is 2. The molecule has 2 aliphatic rings. The summed E-state index contributed by atoms with van der Waals surface area (Å²) in [6.07, 6.45) is 0. The lowest BCUT2D eigenvalue weighted by atomic mass is 9.79. The second-order valence-corrected chi connectivity index (χ2v) is 7.91. The largest absolute Gasteiger partial charge is 0.480 e. The van der Waals surface area contributed by atoms with Crippen LogP contribution in [-0.4, -0.2) is 45.9 Å². The zero-order valence-corrected chi connectivity index (χ0v) is 17.0. The lowest BCUT2D eigenvalue weighted by molar-refractivity contribution is -0.150. The third-order valence-corrected chi connectivity index (χ3v) is 6.22. The number of carboxylic acids is 1. The number of nitrogens with zero attached hydrogens (tertiary/aromatic N) is 2. The van der Waals surface area contributed by atoms with Gasteiger partial charge in [-0.1, -0.05) is 12.1 Å². The maximum absolute atomic E-state index is 13.4. The Balaban J connectivity index is 1.80. The molecule has 2 aromatic carbocycles. The number of aliphatic carboxylic acids is 1. The number of anilines is 1. The Morgan fingerprint density at radius 3 is 2.22 bits per heavy atom. The van der Waals surface area contributed by atoms with Crippen LogP contribution in [0.3, 0.4) is 0 Å². The maximum atomic E-state index is 13.4. The van der Waals surface area contributed by atoms with Gasteiger partial charge in [0.1, 0.15) is 0 Å². The number of hydrogen-bond donors (Lipinski definition) is 3. The van der Waals surface area contributed by atoms with Gasteiger partial charge in [-0.3, -0.25) is 24.5 Å². The number of ketones is 1. The van der Waals surface area contributed by atoms with E-state index in [0.717, 1.165) is 4.90 Å². The van der Waals surface area contributed by atoms with E-state index in [-0.39, 0.29) is 11.5 Å². The molecule has 4 unspecified atom stereocenters. The average molecular weight is 433 g/mol. The van der Waals surface area contributed by atoms with Gasteiger partial charge in [0.25, 0.3) is 0 Å². The monoisotopic (exact) mass is 433 g/mol. The molecule has 9 heteroatoms. The number of Topliss-reactive ketones (excluding diaryl/α,β-unsaturated/α-hetero) is 1. The molecule has 2 aliphatic heterocycles. The molecular formula is C23H19N3O6. The normalized spacial score (nSPS) is 26.7. The molecule has 0 aliphatic carbocycles. The van der Waals surface area contributed by atoms with Crippen molar-refractivity contribution in [2.24, 2.45) is 11.8 Å². The van der Waals surface area contributed by atoms with Crippen molar-refractivity contribution in [1.29, 1.82) is 5.26 Å². The summed E-state index contributed by atoms with van der Waals surface area (Å²) in [6, 6.07) is 13.2. The number of hydrogen-bond acceptors (Lipinski definition) is 7.